The molecule has 0 unspecified atom stereocenters. The molecule has 6 heteroatoms. The number of aromatic amines is 1. The molecule has 0 atom stereocenters. The molecule has 1 N–H and O–H groups in total. The molecule has 4 aromatic rings. The fourth-order valence-corrected chi connectivity index (χ4v) is 2.93. The highest BCUT2D eigenvalue weighted by Gasteiger charge is 2.20. The first kappa shape index (κ1) is 16.0. The minimum atomic E-state index is -0.552. The number of hydrogen-bond acceptors (Lipinski definition) is 4. The number of hydrogen-bond donors (Lipinski definition) is 1. The molecule has 5 nitrogen and oxygen atoms in total. The van der Waals surface area contributed by atoms with Crippen LogP contribution in [0.2, 0.25) is 0 Å². The van der Waals surface area contributed by atoms with E-state index in [1.807, 2.05) is 6.07 Å². The van der Waals surface area contributed by atoms with Gasteiger partial charge in [-0.3, -0.25) is 4.79 Å². The first-order chi connectivity index (χ1) is 12.7. The smallest absolute Gasteiger partial charge is 0.212 e. The molecule has 3 aromatic heterocycles. The van der Waals surface area contributed by atoms with E-state index in [0.29, 0.717) is 22.5 Å². The van der Waals surface area contributed by atoms with Gasteiger partial charge in [-0.2, -0.15) is 0 Å². The van der Waals surface area contributed by atoms with E-state index in [1.165, 1.54) is 12.1 Å². The molecular weight excluding hydrogens is 333 g/mol. The average molecular weight is 347 g/mol. The van der Waals surface area contributed by atoms with Crippen molar-refractivity contribution < 1.29 is 13.9 Å². The number of ether oxygens (including phenoxy) is 1. The Kier molecular flexibility index (Phi) is 3.93. The molecule has 0 bridgehead atoms. The lowest BCUT2D eigenvalue weighted by Crippen LogP contribution is -2.03. The molecule has 0 spiro atoms. The summed E-state index contributed by atoms with van der Waals surface area (Å²) in [6.45, 7) is 0. The number of nitrogens with zero attached hydrogens (tertiary/aromatic N) is 2. The second-order valence-electron chi connectivity index (χ2n) is 5.68. The van der Waals surface area contributed by atoms with Crippen LogP contribution >= 0.6 is 0 Å². The number of benzene rings is 1. The molecule has 0 fully saturated rings. The summed E-state index contributed by atoms with van der Waals surface area (Å²) in [6, 6.07) is 11.3. The van der Waals surface area contributed by atoms with Crippen molar-refractivity contribution in [2.24, 2.45) is 0 Å². The minimum Gasteiger partial charge on any atom is -0.481 e. The van der Waals surface area contributed by atoms with Crippen molar-refractivity contribution >= 4 is 16.8 Å². The number of carbonyl (C=O) groups excluding carboxylic acids is 1. The van der Waals surface area contributed by atoms with E-state index in [1.54, 1.807) is 50.0 Å². The lowest BCUT2D eigenvalue weighted by atomic mass is 9.98. The topological polar surface area (TPSA) is 67.9 Å². The number of ketones is 1. The van der Waals surface area contributed by atoms with Crippen molar-refractivity contribution in [1.82, 2.24) is 15.0 Å². The SMILES string of the molecule is COc1ccc(-c2ccnc3[nH]cc(C(=O)c4ccccc4F)c23)cn1. The van der Waals surface area contributed by atoms with Crippen molar-refractivity contribution in [2.75, 3.05) is 7.11 Å². The summed E-state index contributed by atoms with van der Waals surface area (Å²) in [6.07, 6.45) is 4.88. The summed E-state index contributed by atoms with van der Waals surface area (Å²) in [7, 11) is 1.55. The van der Waals surface area contributed by atoms with Crippen LogP contribution in [0.5, 0.6) is 5.88 Å². The van der Waals surface area contributed by atoms with Crippen LogP contribution in [-0.2, 0) is 0 Å². The highest BCUT2D eigenvalue weighted by atomic mass is 19.1. The number of carbonyl (C=O) groups is 1. The van der Waals surface area contributed by atoms with E-state index in [0.717, 1.165) is 11.1 Å². The van der Waals surface area contributed by atoms with E-state index in [2.05, 4.69) is 15.0 Å². The zero-order chi connectivity index (χ0) is 18.1. The van der Waals surface area contributed by atoms with Gasteiger partial charge in [0, 0.05) is 35.6 Å². The molecule has 128 valence electrons. The van der Waals surface area contributed by atoms with Crippen LogP contribution in [0.4, 0.5) is 4.39 Å². The maximum Gasteiger partial charge on any atom is 0.212 e. The Morgan fingerprint density at radius 2 is 1.92 bits per heavy atom. The number of aromatic nitrogens is 3. The van der Waals surface area contributed by atoms with E-state index < -0.39 is 11.6 Å². The van der Waals surface area contributed by atoms with Crippen molar-refractivity contribution in [3.63, 3.8) is 0 Å². The van der Waals surface area contributed by atoms with Crippen LogP contribution in [0.15, 0.2) is 61.1 Å². The number of H-pyrrole nitrogens is 1. The van der Waals surface area contributed by atoms with Gasteiger partial charge in [0.2, 0.25) is 5.88 Å². The number of fused-ring (bicyclic) bond motifs is 1. The van der Waals surface area contributed by atoms with E-state index in [9.17, 15) is 9.18 Å². The molecule has 4 rings (SSSR count). The molecule has 0 saturated heterocycles. The Balaban J connectivity index is 1.89. The molecule has 26 heavy (non-hydrogen) atoms. The average Bonchev–Trinajstić information content (AvgIpc) is 3.12. The highest BCUT2D eigenvalue weighted by Crippen LogP contribution is 2.31. The number of pyridine rings is 2. The Morgan fingerprint density at radius 3 is 2.65 bits per heavy atom. The second kappa shape index (κ2) is 6.40. The standard InChI is InChI=1S/C20H14FN3O2/c1-26-17-7-6-12(10-23-17)13-8-9-22-20-18(13)15(11-24-20)19(25)14-4-2-3-5-16(14)21/h2-11H,1H3,(H,22,24). The lowest BCUT2D eigenvalue weighted by Gasteiger charge is -2.07. The number of halogens is 1. The Labute approximate surface area is 148 Å². The quantitative estimate of drug-likeness (QED) is 0.567. The van der Waals surface area contributed by atoms with Crippen LogP contribution < -0.4 is 4.74 Å². The summed E-state index contributed by atoms with van der Waals surface area (Å²) < 4.78 is 19.2. The van der Waals surface area contributed by atoms with Gasteiger partial charge in [0.15, 0.2) is 5.78 Å². The molecule has 0 aliphatic heterocycles. The zero-order valence-electron chi connectivity index (χ0n) is 13.9. The fraction of sp³-hybridized carbons (Fsp3) is 0.0500. The van der Waals surface area contributed by atoms with Gasteiger partial charge in [0.1, 0.15) is 11.5 Å². The van der Waals surface area contributed by atoms with Crippen LogP contribution in [-0.4, -0.2) is 27.8 Å². The molecule has 3 heterocycles. The fourth-order valence-electron chi connectivity index (χ4n) is 2.93. The van der Waals surface area contributed by atoms with Crippen LogP contribution in [0.25, 0.3) is 22.2 Å². The van der Waals surface area contributed by atoms with Crippen molar-refractivity contribution in [1.29, 1.82) is 0 Å². The monoisotopic (exact) mass is 347 g/mol. The number of rotatable bonds is 4. The van der Waals surface area contributed by atoms with Gasteiger partial charge in [0.25, 0.3) is 0 Å². The van der Waals surface area contributed by atoms with Crippen molar-refractivity contribution in [3.8, 4) is 17.0 Å². The molecule has 1 aromatic carbocycles. The van der Waals surface area contributed by atoms with E-state index >= 15 is 0 Å². The highest BCUT2D eigenvalue weighted by molar-refractivity contribution is 6.18. The van der Waals surface area contributed by atoms with Gasteiger partial charge >= 0.3 is 0 Å². The third kappa shape index (κ3) is 2.61. The summed E-state index contributed by atoms with van der Waals surface area (Å²) in [5.74, 6) is -0.454. The molecule has 0 aliphatic rings. The maximum atomic E-state index is 14.1. The van der Waals surface area contributed by atoms with Crippen molar-refractivity contribution in [3.05, 3.63) is 78.0 Å². The first-order valence-electron chi connectivity index (χ1n) is 7.95. The van der Waals surface area contributed by atoms with E-state index in [-0.39, 0.29) is 5.56 Å². The predicted octanol–water partition coefficient (Wildman–Crippen LogP) is 4.00. The molecule has 0 saturated carbocycles. The largest absolute Gasteiger partial charge is 0.481 e. The van der Waals surface area contributed by atoms with Crippen LogP contribution in [0, 0.1) is 5.82 Å². The molecular formula is C20H14FN3O2. The predicted molar refractivity (Wildman–Crippen MR) is 95.7 cm³/mol. The third-order valence-corrected chi connectivity index (χ3v) is 4.19. The molecule has 0 aliphatic carbocycles. The van der Waals surface area contributed by atoms with Gasteiger partial charge in [-0.25, -0.2) is 14.4 Å². The van der Waals surface area contributed by atoms with Crippen molar-refractivity contribution in [2.45, 2.75) is 0 Å². The summed E-state index contributed by atoms with van der Waals surface area (Å²) >= 11 is 0. The number of nitrogens with one attached hydrogen (secondary N) is 1. The summed E-state index contributed by atoms with van der Waals surface area (Å²) in [4.78, 5) is 24.4. The minimum absolute atomic E-state index is 0.0241. The third-order valence-electron chi connectivity index (χ3n) is 4.19. The normalized spacial score (nSPS) is 10.8. The lowest BCUT2D eigenvalue weighted by molar-refractivity contribution is 0.103. The Hall–Kier alpha value is -3.54. The Morgan fingerprint density at radius 1 is 1.08 bits per heavy atom. The van der Waals surface area contributed by atoms with Crippen LogP contribution in [0.3, 0.4) is 0 Å². The molecule has 0 radical (unpaired) electrons. The summed E-state index contributed by atoms with van der Waals surface area (Å²) in [5, 5.41) is 0.632. The first-order valence-corrected chi connectivity index (χ1v) is 7.95. The summed E-state index contributed by atoms with van der Waals surface area (Å²) in [5.41, 5.74) is 2.53. The van der Waals surface area contributed by atoms with Gasteiger partial charge < -0.3 is 9.72 Å². The van der Waals surface area contributed by atoms with Gasteiger partial charge in [-0.15, -0.1) is 0 Å². The maximum absolute atomic E-state index is 14.1. The molecule has 0 amide bonds. The van der Waals surface area contributed by atoms with Crippen LogP contribution in [0.1, 0.15) is 15.9 Å². The van der Waals surface area contributed by atoms with Gasteiger partial charge in [-0.05, 0) is 29.8 Å². The van der Waals surface area contributed by atoms with E-state index in [4.69, 9.17) is 4.74 Å². The van der Waals surface area contributed by atoms with Gasteiger partial charge in [0.05, 0.1) is 18.2 Å². The zero-order valence-corrected chi connectivity index (χ0v) is 13.9. The van der Waals surface area contributed by atoms with Gasteiger partial charge in [-0.1, -0.05) is 12.1 Å². The second-order valence-corrected chi connectivity index (χ2v) is 5.68. The number of methoxy groups -OCH3 is 1. The Bertz CT molecular complexity index is 1100.